The van der Waals surface area contributed by atoms with Crippen LogP contribution in [0.1, 0.15) is 23.1 Å². The van der Waals surface area contributed by atoms with Crippen LogP contribution >= 0.6 is 31.9 Å². The number of fused-ring (bicyclic) bond motifs is 1. The van der Waals surface area contributed by atoms with Crippen LogP contribution in [-0.2, 0) is 0 Å². The zero-order valence-electron chi connectivity index (χ0n) is 14.6. The van der Waals surface area contributed by atoms with E-state index in [0.717, 1.165) is 36.1 Å². The predicted molar refractivity (Wildman–Crippen MR) is 114 cm³/mol. The van der Waals surface area contributed by atoms with Gasteiger partial charge in [-0.1, -0.05) is 56.1 Å². The molecule has 4 heteroatoms. The van der Waals surface area contributed by atoms with Crippen LogP contribution in [-0.4, -0.2) is 16.3 Å². The smallest absolute Gasteiger partial charge is 0.123 e. The molecule has 0 aliphatic heterocycles. The number of rotatable bonds is 1. The first-order valence-electron chi connectivity index (χ1n) is 8.39. The molecule has 3 rings (SSSR count). The first-order valence-corrected chi connectivity index (χ1v) is 9.98. The van der Waals surface area contributed by atoms with Gasteiger partial charge in [0.25, 0.3) is 0 Å². The number of aliphatic hydroxyl groups is 1. The van der Waals surface area contributed by atoms with Crippen LogP contribution in [0.3, 0.4) is 0 Å². The van der Waals surface area contributed by atoms with E-state index in [1.54, 1.807) is 6.07 Å². The Morgan fingerprint density at radius 2 is 1.62 bits per heavy atom. The van der Waals surface area contributed by atoms with Gasteiger partial charge in [0.2, 0.25) is 0 Å². The lowest BCUT2D eigenvalue weighted by Gasteiger charge is -2.20. The zero-order valence-corrected chi connectivity index (χ0v) is 17.8. The first-order chi connectivity index (χ1) is 12.4. The maximum Gasteiger partial charge on any atom is 0.123 e. The fourth-order valence-corrected chi connectivity index (χ4v) is 4.10. The van der Waals surface area contributed by atoms with E-state index in [1.165, 1.54) is 0 Å². The molecule has 0 aromatic heterocycles. The average molecular weight is 476 g/mol. The second-order valence-electron chi connectivity index (χ2n) is 6.48. The minimum atomic E-state index is -0.662. The summed E-state index contributed by atoms with van der Waals surface area (Å²) in [5, 5.41) is 23.6. The van der Waals surface area contributed by atoms with Gasteiger partial charge in [0.1, 0.15) is 5.75 Å². The van der Waals surface area contributed by atoms with Crippen LogP contribution in [0.25, 0.3) is 11.6 Å². The van der Waals surface area contributed by atoms with Crippen LogP contribution in [0.15, 0.2) is 57.5 Å². The molecular weight excluding hydrogens is 456 g/mol. The maximum absolute atomic E-state index is 10.8. The molecule has 134 valence electrons. The van der Waals surface area contributed by atoms with Gasteiger partial charge in [-0.25, -0.2) is 0 Å². The highest BCUT2D eigenvalue weighted by molar-refractivity contribution is 9.10. The number of aryl methyl sites for hydroxylation is 2. The van der Waals surface area contributed by atoms with Gasteiger partial charge < -0.3 is 10.2 Å². The monoisotopic (exact) mass is 474 g/mol. The van der Waals surface area contributed by atoms with Crippen LogP contribution < -0.4 is 10.4 Å². The molecule has 0 heterocycles. The van der Waals surface area contributed by atoms with E-state index in [0.29, 0.717) is 12.0 Å². The average Bonchev–Trinajstić information content (AvgIpc) is 2.59. The predicted octanol–water partition coefficient (Wildman–Crippen LogP) is 4.40. The Hall–Kier alpha value is -1.62. The molecule has 0 bridgehead atoms. The van der Waals surface area contributed by atoms with Crippen LogP contribution in [0.5, 0.6) is 5.75 Å². The molecule has 2 aromatic carbocycles. The molecular formula is C22H20Br2O2. The highest BCUT2D eigenvalue weighted by Crippen LogP contribution is 2.29. The molecule has 0 unspecified atom stereocenters. The summed E-state index contributed by atoms with van der Waals surface area (Å²) in [6.07, 6.45) is 1.89. The van der Waals surface area contributed by atoms with Gasteiger partial charge in [-0.05, 0) is 77.7 Å². The van der Waals surface area contributed by atoms with E-state index in [9.17, 15) is 10.2 Å². The highest BCUT2D eigenvalue weighted by Gasteiger charge is 2.20. The Labute approximate surface area is 170 Å². The molecule has 0 saturated heterocycles. The number of benzene rings is 1. The van der Waals surface area contributed by atoms with Crippen molar-refractivity contribution in [1.29, 1.82) is 0 Å². The van der Waals surface area contributed by atoms with E-state index >= 15 is 0 Å². The van der Waals surface area contributed by atoms with Crippen LogP contribution in [0.4, 0.5) is 0 Å². The number of hydrogen-bond donors (Lipinski definition) is 2. The number of hydrogen-bond acceptors (Lipinski definition) is 2. The van der Waals surface area contributed by atoms with Crippen molar-refractivity contribution in [1.82, 2.24) is 0 Å². The summed E-state index contributed by atoms with van der Waals surface area (Å²) in [5.41, 5.74) is 3.34. The largest absolute Gasteiger partial charge is 0.507 e. The maximum atomic E-state index is 10.8. The van der Waals surface area contributed by atoms with Crippen molar-refractivity contribution in [3.8, 4) is 5.75 Å². The van der Waals surface area contributed by atoms with E-state index in [-0.39, 0.29) is 5.75 Å². The van der Waals surface area contributed by atoms with Crippen molar-refractivity contribution < 1.29 is 10.2 Å². The Balaban J connectivity index is 2.47. The quantitative estimate of drug-likeness (QED) is 0.641. The SMILES string of the molecule is Cc1ccc(O)c(C2=c3ccc(Br)cc3=CC[C@@H]2O)c(C)ccc(Br)c1. The summed E-state index contributed by atoms with van der Waals surface area (Å²) in [6.45, 7) is 3.92. The van der Waals surface area contributed by atoms with E-state index < -0.39 is 6.10 Å². The summed E-state index contributed by atoms with van der Waals surface area (Å²) in [5.74, 6) is 0.155. The lowest BCUT2D eigenvalue weighted by atomic mass is 9.89. The first kappa shape index (κ1) is 19.2. The third-order valence-corrected chi connectivity index (χ3v) is 5.47. The summed E-state index contributed by atoms with van der Waals surface area (Å²) in [4.78, 5) is 0. The standard InChI is InChI=1S/C22H20Br2O2/c1-13-3-9-19(25)21(14(2)4-6-16(23)11-13)22-18-8-7-17(24)12-15(18)5-10-20(22)26/h3-9,11-12,20,25-26H,10H2,1-2H3/t20-/m0/s1. The van der Waals surface area contributed by atoms with E-state index in [2.05, 4.69) is 31.9 Å². The molecule has 2 aromatic rings. The molecule has 0 spiro atoms. The third kappa shape index (κ3) is 4.03. The summed E-state index contributed by atoms with van der Waals surface area (Å²) in [7, 11) is 0. The van der Waals surface area contributed by atoms with Gasteiger partial charge in [-0.3, -0.25) is 0 Å². The Morgan fingerprint density at radius 3 is 2.38 bits per heavy atom. The normalized spacial score (nSPS) is 15.7. The van der Waals surface area contributed by atoms with Gasteiger partial charge in [0.15, 0.2) is 0 Å². The van der Waals surface area contributed by atoms with Crippen LogP contribution in [0, 0.1) is 13.8 Å². The molecule has 26 heavy (non-hydrogen) atoms. The molecule has 0 amide bonds. The fraction of sp³-hybridized carbons (Fsp3) is 0.182. The van der Waals surface area contributed by atoms with Gasteiger partial charge in [-0.15, -0.1) is 0 Å². The molecule has 2 N–H and O–H groups in total. The minimum Gasteiger partial charge on any atom is -0.507 e. The van der Waals surface area contributed by atoms with Crippen molar-refractivity contribution >= 4 is 43.5 Å². The Bertz CT molecular complexity index is 1000. The van der Waals surface area contributed by atoms with E-state index in [4.69, 9.17) is 0 Å². The number of aliphatic hydroxyl groups excluding tert-OH is 1. The number of halogens is 2. The van der Waals surface area contributed by atoms with Gasteiger partial charge >= 0.3 is 0 Å². The summed E-state index contributed by atoms with van der Waals surface area (Å²) >= 11 is 7.04. The highest BCUT2D eigenvalue weighted by atomic mass is 79.9. The fourth-order valence-electron chi connectivity index (χ4n) is 3.23. The lowest BCUT2D eigenvalue weighted by molar-refractivity contribution is 0.237. The molecule has 2 nitrogen and oxygen atoms in total. The van der Waals surface area contributed by atoms with E-state index in [1.807, 2.05) is 62.4 Å². The molecule has 1 atom stereocenters. The van der Waals surface area contributed by atoms with Crippen LogP contribution in [0.2, 0.25) is 0 Å². The van der Waals surface area contributed by atoms with Crippen molar-refractivity contribution in [2.24, 2.45) is 0 Å². The number of aromatic hydroxyl groups is 1. The van der Waals surface area contributed by atoms with Crippen molar-refractivity contribution in [3.63, 3.8) is 0 Å². The van der Waals surface area contributed by atoms with Gasteiger partial charge in [0.05, 0.1) is 6.10 Å². The van der Waals surface area contributed by atoms with Gasteiger partial charge in [-0.2, -0.15) is 0 Å². The lowest BCUT2D eigenvalue weighted by Crippen LogP contribution is -2.35. The van der Waals surface area contributed by atoms with Gasteiger partial charge in [0, 0.05) is 14.5 Å². The third-order valence-electron chi connectivity index (χ3n) is 4.48. The minimum absolute atomic E-state index is 0.155. The molecule has 0 radical (unpaired) electrons. The topological polar surface area (TPSA) is 40.5 Å². The Kier molecular flexibility index (Phi) is 5.86. The second kappa shape index (κ2) is 7.95. The second-order valence-corrected chi connectivity index (χ2v) is 8.32. The van der Waals surface area contributed by atoms with Crippen molar-refractivity contribution in [3.05, 3.63) is 84.6 Å². The molecule has 0 saturated carbocycles. The summed E-state index contributed by atoms with van der Waals surface area (Å²) < 4.78 is 1.94. The Morgan fingerprint density at radius 1 is 0.923 bits per heavy atom. The van der Waals surface area contributed by atoms with Crippen molar-refractivity contribution in [2.75, 3.05) is 0 Å². The zero-order chi connectivity index (χ0) is 18.8. The van der Waals surface area contributed by atoms with Crippen molar-refractivity contribution in [2.45, 2.75) is 26.4 Å². The summed E-state index contributed by atoms with van der Waals surface area (Å²) in [6, 6.07) is 15.4. The molecule has 1 aliphatic carbocycles. The molecule has 1 aliphatic rings. The molecule has 0 fully saturated rings.